The van der Waals surface area contributed by atoms with E-state index in [1.807, 2.05) is 0 Å². The van der Waals surface area contributed by atoms with Gasteiger partial charge in [0.15, 0.2) is 41.7 Å². The van der Waals surface area contributed by atoms with Gasteiger partial charge in [0.25, 0.3) is 0 Å². The second-order valence-electron chi connectivity index (χ2n) is 16.0. The summed E-state index contributed by atoms with van der Waals surface area (Å²) in [5, 5.41) is 26.1. The molecule has 12 atom stereocenters. The van der Waals surface area contributed by atoms with Crippen LogP contribution < -0.4 is 0 Å². The van der Waals surface area contributed by atoms with Crippen molar-refractivity contribution in [1.29, 1.82) is 0 Å². The van der Waals surface area contributed by atoms with Crippen molar-refractivity contribution in [2.24, 2.45) is 17.3 Å². The smallest absolute Gasteiger partial charge is 0.338 e. The molecule has 1 saturated carbocycles. The lowest BCUT2D eigenvalue weighted by Crippen LogP contribution is -2.72. The van der Waals surface area contributed by atoms with Crippen molar-refractivity contribution in [1.82, 2.24) is 0 Å². The van der Waals surface area contributed by atoms with Crippen LogP contribution in [0.1, 0.15) is 92.4 Å². The fraction of sp³-hybridized carbons (Fsp3) is 0.610. The molecule has 2 bridgehead atoms. The Morgan fingerprint density at radius 2 is 1.20 bits per heavy atom. The van der Waals surface area contributed by atoms with E-state index in [0.717, 1.165) is 48.5 Å². The number of hydrogen-bond donors (Lipinski definition) is 2. The van der Waals surface area contributed by atoms with E-state index in [2.05, 4.69) is 0 Å². The fourth-order valence-corrected chi connectivity index (χ4v) is 8.64. The highest BCUT2D eigenvalue weighted by Gasteiger charge is 2.79. The number of carbonyl (C=O) groups is 8. The molecule has 18 nitrogen and oxygen atoms in total. The van der Waals surface area contributed by atoms with Gasteiger partial charge in [-0.3, -0.25) is 33.6 Å². The van der Waals surface area contributed by atoms with Gasteiger partial charge in [-0.05, 0) is 19.1 Å². The molecular formula is C41H52O18. The second kappa shape index (κ2) is 17.5. The van der Waals surface area contributed by atoms with Crippen LogP contribution in [0.4, 0.5) is 0 Å². The summed E-state index contributed by atoms with van der Waals surface area (Å²) in [4.78, 5) is 107. The third-order valence-electron chi connectivity index (χ3n) is 10.8. The molecule has 59 heavy (non-hydrogen) atoms. The molecule has 0 radical (unpaired) electrons. The molecule has 0 aromatic heterocycles. The van der Waals surface area contributed by atoms with Crippen LogP contribution in [-0.4, -0.2) is 117 Å². The Kier molecular flexibility index (Phi) is 13.7. The minimum Gasteiger partial charge on any atom is -0.459 e. The SMILES string of the molecule is CC(=O)O[C@H]1[C@@H](OC(C)=O)C(C)(C)/C=C\[C@@H](C)[C@H](OC(C)=O)[C@]2(O)[C@H]3[C@@H](OC(=O)c4ccccc4)[C@](OC(C)=O)(CCC(=O)O[C@@H]3[C@](C)(O)[C@H]2OC(C)=O)[C@@H]1OC(C)=O. The van der Waals surface area contributed by atoms with Crippen molar-refractivity contribution in [2.45, 2.75) is 142 Å². The molecule has 1 aromatic rings. The van der Waals surface area contributed by atoms with E-state index in [0.29, 0.717) is 0 Å². The maximum atomic E-state index is 14.4. The summed E-state index contributed by atoms with van der Waals surface area (Å²) in [6.07, 6.45) is -12.9. The predicted molar refractivity (Wildman–Crippen MR) is 198 cm³/mol. The van der Waals surface area contributed by atoms with Crippen molar-refractivity contribution >= 4 is 47.8 Å². The Morgan fingerprint density at radius 3 is 1.73 bits per heavy atom. The summed E-state index contributed by atoms with van der Waals surface area (Å²) in [5.74, 6) is -11.8. The van der Waals surface area contributed by atoms with Crippen LogP contribution in [0, 0.1) is 17.3 Å². The second-order valence-corrected chi connectivity index (χ2v) is 16.0. The molecule has 1 aromatic carbocycles. The largest absolute Gasteiger partial charge is 0.459 e. The van der Waals surface area contributed by atoms with Gasteiger partial charge in [-0.2, -0.15) is 0 Å². The number of carbonyl (C=O) groups excluding carboxylic acids is 8. The summed E-state index contributed by atoms with van der Waals surface area (Å²) in [6, 6.07) is 7.29. The van der Waals surface area contributed by atoms with Gasteiger partial charge < -0.3 is 48.1 Å². The average molecular weight is 833 g/mol. The normalized spacial score (nSPS) is 35.6. The highest BCUT2D eigenvalue weighted by Crippen LogP contribution is 2.57. The van der Waals surface area contributed by atoms with Gasteiger partial charge in [0.1, 0.15) is 17.8 Å². The standard InChI is InChI=1S/C41H52O18/c1-20-16-18-38(8,9)34(54-23(4)44)30(52-21(2)42)35(55-24(5)45)40(59-26(7)47)19-17-28(48)57-32-29(33(40)58-36(49)27-14-12-11-13-15-27)41(51,31(20)53-22(3)43)37(39(32,10)50)56-25(6)46/h11-16,18,20,29-35,37,50-51H,17,19H2,1-10H3/b18-16-/t20-,29-,30+,31+,32+,33-,34-,35-,37-,39+,40-,41-/m1/s1. The Balaban J connectivity index is 2.37. The summed E-state index contributed by atoms with van der Waals surface area (Å²) >= 11 is 0. The van der Waals surface area contributed by atoms with Crippen molar-refractivity contribution in [3.63, 3.8) is 0 Å². The maximum absolute atomic E-state index is 14.4. The predicted octanol–water partition coefficient (Wildman–Crippen LogP) is 2.22. The highest BCUT2D eigenvalue weighted by atomic mass is 16.7. The van der Waals surface area contributed by atoms with E-state index in [1.165, 1.54) is 57.2 Å². The Morgan fingerprint density at radius 1 is 0.678 bits per heavy atom. The van der Waals surface area contributed by atoms with Crippen LogP contribution in [0.5, 0.6) is 0 Å². The van der Waals surface area contributed by atoms with E-state index in [9.17, 15) is 48.6 Å². The average Bonchev–Trinajstić information content (AvgIpc) is 3.27. The molecule has 1 saturated heterocycles. The topological polar surface area (TPSA) is 251 Å². The first kappa shape index (κ1) is 46.3. The Bertz CT molecular complexity index is 1850. The first-order valence-electron chi connectivity index (χ1n) is 18.9. The maximum Gasteiger partial charge on any atom is 0.338 e. The highest BCUT2D eigenvalue weighted by molar-refractivity contribution is 5.89. The number of hydrogen-bond acceptors (Lipinski definition) is 18. The Hall–Kier alpha value is -5.36. The molecule has 324 valence electrons. The quantitative estimate of drug-likeness (QED) is 0.216. The zero-order chi connectivity index (χ0) is 44.4. The summed E-state index contributed by atoms with van der Waals surface area (Å²) in [6.45, 7) is 11.5. The molecule has 18 heteroatoms. The van der Waals surface area contributed by atoms with Gasteiger partial charge in [-0.25, -0.2) is 4.79 Å². The van der Waals surface area contributed by atoms with Crippen LogP contribution in [0.3, 0.4) is 0 Å². The van der Waals surface area contributed by atoms with E-state index in [4.69, 9.17) is 37.9 Å². The van der Waals surface area contributed by atoms with Crippen LogP contribution >= 0.6 is 0 Å². The van der Waals surface area contributed by atoms with Crippen LogP contribution in [0.2, 0.25) is 0 Å². The lowest BCUT2D eigenvalue weighted by molar-refractivity contribution is -0.272. The third kappa shape index (κ3) is 9.43. The molecule has 0 amide bonds. The van der Waals surface area contributed by atoms with E-state index < -0.39 is 137 Å². The van der Waals surface area contributed by atoms with Crippen molar-refractivity contribution in [3.05, 3.63) is 48.0 Å². The van der Waals surface area contributed by atoms with Crippen LogP contribution in [-0.2, 0) is 71.5 Å². The first-order valence-corrected chi connectivity index (χ1v) is 18.9. The van der Waals surface area contributed by atoms with Gasteiger partial charge >= 0.3 is 47.8 Å². The van der Waals surface area contributed by atoms with Gasteiger partial charge in [0.05, 0.1) is 11.5 Å². The fourth-order valence-electron chi connectivity index (χ4n) is 8.64. The summed E-state index contributed by atoms with van der Waals surface area (Å²) in [7, 11) is 0. The van der Waals surface area contributed by atoms with E-state index in [-0.39, 0.29) is 5.56 Å². The van der Waals surface area contributed by atoms with Crippen molar-refractivity contribution in [3.8, 4) is 0 Å². The lowest BCUT2D eigenvalue weighted by atomic mass is 9.66. The number of rotatable bonds is 8. The molecule has 1 aliphatic heterocycles. The molecule has 4 rings (SSSR count). The third-order valence-corrected chi connectivity index (χ3v) is 10.8. The van der Waals surface area contributed by atoms with E-state index in [1.54, 1.807) is 6.07 Å². The Labute approximate surface area is 340 Å². The number of aliphatic hydroxyl groups is 2. The van der Waals surface area contributed by atoms with Gasteiger partial charge in [0, 0.05) is 65.7 Å². The molecule has 1 heterocycles. The van der Waals surface area contributed by atoms with Gasteiger partial charge in [0.2, 0.25) is 0 Å². The molecule has 3 aliphatic rings. The van der Waals surface area contributed by atoms with Crippen LogP contribution in [0.25, 0.3) is 0 Å². The monoisotopic (exact) mass is 832 g/mol. The van der Waals surface area contributed by atoms with Gasteiger partial charge in [-0.1, -0.05) is 51.1 Å². The minimum atomic E-state index is -2.98. The summed E-state index contributed by atoms with van der Waals surface area (Å²) < 4.78 is 47.6. The number of benzene rings is 1. The zero-order valence-corrected chi connectivity index (χ0v) is 34.6. The summed E-state index contributed by atoms with van der Waals surface area (Å²) in [5.41, 5.74) is -9.98. The zero-order valence-electron chi connectivity index (χ0n) is 34.6. The lowest BCUT2D eigenvalue weighted by Gasteiger charge is -2.53. The van der Waals surface area contributed by atoms with E-state index >= 15 is 0 Å². The molecule has 0 spiro atoms. The number of fused-ring (bicyclic) bond motifs is 1. The molecule has 0 unspecified atom stereocenters. The molecule has 2 aliphatic carbocycles. The van der Waals surface area contributed by atoms with Crippen LogP contribution in [0.15, 0.2) is 42.5 Å². The van der Waals surface area contributed by atoms with Gasteiger partial charge in [-0.15, -0.1) is 0 Å². The number of esters is 8. The molecular weight excluding hydrogens is 780 g/mol. The first-order chi connectivity index (χ1) is 27.3. The molecule has 2 fully saturated rings. The minimum absolute atomic E-state index is 0.113. The van der Waals surface area contributed by atoms with Crippen molar-refractivity contribution in [2.75, 3.05) is 0 Å². The number of ether oxygens (including phenoxy) is 8. The van der Waals surface area contributed by atoms with Crippen molar-refractivity contribution < 1.29 is 86.5 Å². The molecule has 2 N–H and O–H groups in total.